The van der Waals surface area contributed by atoms with Crippen molar-refractivity contribution >= 4 is 0 Å². The van der Waals surface area contributed by atoms with Gasteiger partial charge in [-0.05, 0) is 49.4 Å². The highest BCUT2D eigenvalue weighted by Crippen LogP contribution is 2.42. The molecule has 0 heterocycles. The number of rotatable bonds is 7. The smallest absolute Gasteiger partial charge is 0.128 e. The fourth-order valence-corrected chi connectivity index (χ4v) is 4.81. The summed E-state index contributed by atoms with van der Waals surface area (Å²) in [7, 11) is 0. The Morgan fingerprint density at radius 1 is 1.00 bits per heavy atom. The predicted molar refractivity (Wildman–Crippen MR) is 102 cm³/mol. The third kappa shape index (κ3) is 3.86. The molecule has 0 saturated carbocycles. The van der Waals surface area contributed by atoms with Gasteiger partial charge in [-0.15, -0.1) is 0 Å². The minimum atomic E-state index is -0.552. The molecule has 0 aromatic rings. The molecule has 2 nitrogen and oxygen atoms in total. The van der Waals surface area contributed by atoms with Gasteiger partial charge in [-0.3, -0.25) is 5.26 Å². The zero-order valence-electron chi connectivity index (χ0n) is 15.9. The predicted octanol–water partition coefficient (Wildman–Crippen LogP) is 6.41. The van der Waals surface area contributed by atoms with Crippen LogP contribution in [0.2, 0.25) is 0 Å². The van der Waals surface area contributed by atoms with Crippen molar-refractivity contribution in [3.05, 3.63) is 36.5 Å². The Balaban J connectivity index is 2.28. The highest BCUT2D eigenvalue weighted by Gasteiger charge is 2.41. The van der Waals surface area contributed by atoms with E-state index >= 15 is 0 Å². The van der Waals surface area contributed by atoms with E-state index in [2.05, 4.69) is 64.2 Å². The minimum absolute atomic E-state index is 0.253. The van der Waals surface area contributed by atoms with Crippen molar-refractivity contribution in [3.8, 4) is 0 Å². The van der Waals surface area contributed by atoms with Crippen LogP contribution in [0.3, 0.4) is 0 Å². The lowest BCUT2D eigenvalue weighted by atomic mass is 9.68. The van der Waals surface area contributed by atoms with E-state index < -0.39 is 5.60 Å². The van der Waals surface area contributed by atoms with Gasteiger partial charge in [-0.25, -0.2) is 4.89 Å². The van der Waals surface area contributed by atoms with E-state index in [1.54, 1.807) is 0 Å². The Morgan fingerprint density at radius 2 is 1.71 bits per heavy atom. The van der Waals surface area contributed by atoms with Gasteiger partial charge >= 0.3 is 0 Å². The second kappa shape index (κ2) is 9.01. The second-order valence-corrected chi connectivity index (χ2v) is 7.60. The van der Waals surface area contributed by atoms with E-state index in [1.165, 1.54) is 19.3 Å². The van der Waals surface area contributed by atoms with Crippen molar-refractivity contribution in [2.75, 3.05) is 0 Å². The third-order valence-corrected chi connectivity index (χ3v) is 6.56. The quantitative estimate of drug-likeness (QED) is 0.331. The molecular formula is C22H36O2. The number of hydrogen-bond donors (Lipinski definition) is 1. The largest absolute Gasteiger partial charge is 0.251 e. The number of hydrogen-bond acceptors (Lipinski definition) is 2. The van der Waals surface area contributed by atoms with Crippen molar-refractivity contribution in [3.63, 3.8) is 0 Å². The molecule has 0 fully saturated rings. The van der Waals surface area contributed by atoms with Gasteiger partial charge in [0.15, 0.2) is 0 Å². The van der Waals surface area contributed by atoms with Crippen LogP contribution in [0.4, 0.5) is 0 Å². The third-order valence-electron chi connectivity index (χ3n) is 6.56. The van der Waals surface area contributed by atoms with Crippen molar-refractivity contribution in [1.29, 1.82) is 0 Å². The first-order valence-electron chi connectivity index (χ1n) is 10.0. The van der Waals surface area contributed by atoms with Gasteiger partial charge in [0.05, 0.1) is 0 Å². The molecule has 0 saturated heterocycles. The van der Waals surface area contributed by atoms with Gasteiger partial charge in [0, 0.05) is 5.92 Å². The molecule has 1 N–H and O–H groups in total. The maximum absolute atomic E-state index is 9.66. The summed E-state index contributed by atoms with van der Waals surface area (Å²) in [5.74, 6) is 2.79. The van der Waals surface area contributed by atoms with Crippen LogP contribution in [-0.2, 0) is 4.89 Å². The molecule has 0 aromatic carbocycles. The Bertz CT molecular complexity index is 459. The van der Waals surface area contributed by atoms with Crippen LogP contribution in [0, 0.1) is 29.6 Å². The molecule has 2 rings (SSSR count). The summed E-state index contributed by atoms with van der Waals surface area (Å²) in [6.45, 7) is 8.95. The topological polar surface area (TPSA) is 29.5 Å². The minimum Gasteiger partial charge on any atom is -0.251 e. The molecule has 0 radical (unpaired) electrons. The van der Waals surface area contributed by atoms with Crippen molar-refractivity contribution < 1.29 is 10.1 Å². The Morgan fingerprint density at radius 3 is 2.29 bits per heavy atom. The van der Waals surface area contributed by atoms with Crippen LogP contribution in [0.5, 0.6) is 0 Å². The molecule has 2 heteroatoms. The molecular weight excluding hydrogens is 296 g/mol. The van der Waals surface area contributed by atoms with Crippen LogP contribution < -0.4 is 0 Å². The second-order valence-electron chi connectivity index (χ2n) is 7.60. The molecule has 136 valence electrons. The van der Waals surface area contributed by atoms with Crippen LogP contribution in [0.15, 0.2) is 36.5 Å². The molecule has 6 atom stereocenters. The zero-order valence-corrected chi connectivity index (χ0v) is 15.9. The van der Waals surface area contributed by atoms with Crippen LogP contribution in [-0.4, -0.2) is 10.9 Å². The van der Waals surface area contributed by atoms with Crippen LogP contribution >= 0.6 is 0 Å². The Labute approximate surface area is 148 Å². The van der Waals surface area contributed by atoms with Crippen molar-refractivity contribution in [2.24, 2.45) is 29.6 Å². The summed E-state index contributed by atoms with van der Waals surface area (Å²) < 4.78 is 0. The molecule has 2 aliphatic carbocycles. The lowest BCUT2D eigenvalue weighted by Crippen LogP contribution is -2.43. The lowest BCUT2D eigenvalue weighted by molar-refractivity contribution is -0.323. The maximum atomic E-state index is 9.66. The van der Waals surface area contributed by atoms with Gasteiger partial charge in [0.25, 0.3) is 0 Å². The fraction of sp³-hybridized carbons (Fsp3) is 0.727. The van der Waals surface area contributed by atoms with Gasteiger partial charge < -0.3 is 0 Å². The van der Waals surface area contributed by atoms with Crippen LogP contribution in [0.1, 0.15) is 66.2 Å². The zero-order chi connectivity index (χ0) is 17.6. The first kappa shape index (κ1) is 19.5. The lowest BCUT2D eigenvalue weighted by Gasteiger charge is -2.41. The van der Waals surface area contributed by atoms with E-state index in [0.29, 0.717) is 17.8 Å². The highest BCUT2D eigenvalue weighted by atomic mass is 17.1. The van der Waals surface area contributed by atoms with E-state index in [0.717, 1.165) is 25.2 Å². The molecule has 24 heavy (non-hydrogen) atoms. The van der Waals surface area contributed by atoms with E-state index in [-0.39, 0.29) is 5.92 Å². The number of allylic oxidation sites excluding steroid dienone is 4. The summed E-state index contributed by atoms with van der Waals surface area (Å²) in [5.41, 5.74) is -0.552. The molecule has 2 aliphatic rings. The monoisotopic (exact) mass is 332 g/mol. The van der Waals surface area contributed by atoms with Gasteiger partial charge in [0.2, 0.25) is 0 Å². The first-order valence-corrected chi connectivity index (χ1v) is 10.0. The normalized spacial score (nSPS) is 39.6. The SMILES string of the molecule is CCC1C=CCC(CC)C1C=CC1C(CC)CC=CC1(CC)OO. The molecule has 0 aromatic heterocycles. The summed E-state index contributed by atoms with van der Waals surface area (Å²) in [6.07, 6.45) is 20.5. The summed E-state index contributed by atoms with van der Waals surface area (Å²) in [4.78, 5) is 5.07. The summed E-state index contributed by atoms with van der Waals surface area (Å²) in [5, 5.41) is 9.66. The molecule has 0 spiro atoms. The van der Waals surface area contributed by atoms with Gasteiger partial charge in [-0.1, -0.05) is 77.0 Å². The van der Waals surface area contributed by atoms with Gasteiger partial charge in [0.1, 0.15) is 5.60 Å². The van der Waals surface area contributed by atoms with E-state index in [9.17, 15) is 5.26 Å². The van der Waals surface area contributed by atoms with Gasteiger partial charge in [-0.2, -0.15) is 0 Å². The van der Waals surface area contributed by atoms with Crippen molar-refractivity contribution in [1.82, 2.24) is 0 Å². The first-order chi connectivity index (χ1) is 11.7. The van der Waals surface area contributed by atoms with E-state index in [1.807, 2.05) is 0 Å². The summed E-state index contributed by atoms with van der Waals surface area (Å²) >= 11 is 0. The highest BCUT2D eigenvalue weighted by molar-refractivity contribution is 5.18. The van der Waals surface area contributed by atoms with Crippen LogP contribution in [0.25, 0.3) is 0 Å². The summed E-state index contributed by atoms with van der Waals surface area (Å²) in [6, 6.07) is 0. The Kier molecular flexibility index (Phi) is 7.31. The fourth-order valence-electron chi connectivity index (χ4n) is 4.81. The van der Waals surface area contributed by atoms with E-state index in [4.69, 9.17) is 4.89 Å². The average molecular weight is 333 g/mol. The Hall–Kier alpha value is -0.860. The average Bonchev–Trinajstić information content (AvgIpc) is 2.65. The molecule has 0 aliphatic heterocycles. The standard InChI is InChI=1S/C22H36O2/c1-5-17-11-9-12-18(6-2)20(17)14-15-21-19(7-3)13-10-16-22(21,8-4)24-23/h9-11,14-21,23H,5-8,12-13H2,1-4H3. The molecule has 0 amide bonds. The molecule has 6 unspecified atom stereocenters. The maximum Gasteiger partial charge on any atom is 0.128 e. The van der Waals surface area contributed by atoms with Crippen molar-refractivity contribution in [2.45, 2.75) is 71.8 Å². The molecule has 0 bridgehead atoms.